The molecule has 2 amide bonds. The topological polar surface area (TPSA) is 149 Å². The Balaban J connectivity index is 1.41. The van der Waals surface area contributed by atoms with Crippen LogP contribution in [-0.2, 0) is 24.0 Å². The Morgan fingerprint density at radius 1 is 1.19 bits per heavy atom. The maximum Gasteiger partial charge on any atom is 0.356 e. The number of nitrogens with one attached hydrogen (secondary N) is 1. The molecule has 0 spiro atoms. The molecule has 2 aliphatic heterocycles. The van der Waals surface area contributed by atoms with Crippen molar-refractivity contribution in [1.82, 2.24) is 19.6 Å². The first-order valence-electron chi connectivity index (χ1n) is 13.2. The van der Waals surface area contributed by atoms with Crippen LogP contribution in [0.2, 0.25) is 0 Å². The van der Waals surface area contributed by atoms with Crippen molar-refractivity contribution in [1.29, 1.82) is 0 Å². The fourth-order valence-corrected chi connectivity index (χ4v) is 6.56. The van der Waals surface area contributed by atoms with Crippen LogP contribution in [-0.4, -0.2) is 66.0 Å². The van der Waals surface area contributed by atoms with Crippen molar-refractivity contribution >= 4 is 74.5 Å². The van der Waals surface area contributed by atoms with E-state index in [9.17, 15) is 14.4 Å². The van der Waals surface area contributed by atoms with Gasteiger partial charge in [-0.3, -0.25) is 14.5 Å². The summed E-state index contributed by atoms with van der Waals surface area (Å²) in [6.07, 6.45) is 3.08. The quantitative estimate of drug-likeness (QED) is 0.0750. The molecule has 1 saturated heterocycles. The molecule has 3 heterocycles. The molecule has 3 aromatic rings. The van der Waals surface area contributed by atoms with Crippen LogP contribution in [0.5, 0.6) is 0 Å². The third-order valence-electron chi connectivity index (χ3n) is 6.47. The van der Waals surface area contributed by atoms with Crippen LogP contribution in [0, 0.1) is 0 Å². The van der Waals surface area contributed by atoms with E-state index in [4.69, 9.17) is 15.3 Å². The third-order valence-corrected chi connectivity index (χ3v) is 8.82. The number of rotatable bonds is 11. The number of benzene rings is 2. The summed E-state index contributed by atoms with van der Waals surface area (Å²) in [5.41, 5.74) is 7.92. The van der Waals surface area contributed by atoms with Gasteiger partial charge in [0.25, 0.3) is 11.8 Å². The van der Waals surface area contributed by atoms with E-state index in [1.807, 2.05) is 72.8 Å². The summed E-state index contributed by atoms with van der Waals surface area (Å²) in [6, 6.07) is 17.9. The number of nitrogen functional groups attached to an aromatic ring is 1. The van der Waals surface area contributed by atoms with Gasteiger partial charge < -0.3 is 20.6 Å². The van der Waals surface area contributed by atoms with Crippen molar-refractivity contribution < 1.29 is 24.0 Å². The lowest BCUT2D eigenvalue weighted by atomic mass is 10.0. The molecule has 43 heavy (non-hydrogen) atoms. The van der Waals surface area contributed by atoms with E-state index in [1.165, 1.54) is 16.7 Å². The number of anilines is 1. The predicted molar refractivity (Wildman–Crippen MR) is 173 cm³/mol. The van der Waals surface area contributed by atoms with Crippen LogP contribution >= 0.6 is 45.9 Å². The smallest absolute Gasteiger partial charge is 0.356 e. The van der Waals surface area contributed by atoms with Gasteiger partial charge in [-0.2, -0.15) is 9.36 Å². The average Bonchev–Trinajstić information content (AvgIpc) is 3.47. The summed E-state index contributed by atoms with van der Waals surface area (Å²) in [5, 5.41) is 6.19. The molecule has 0 saturated carbocycles. The number of ether oxygens (including phenoxy) is 1. The molecular formula is C29H27IN6O5S2. The van der Waals surface area contributed by atoms with Gasteiger partial charge in [-0.25, -0.2) is 4.79 Å². The highest BCUT2D eigenvalue weighted by atomic mass is 127. The monoisotopic (exact) mass is 730 g/mol. The first-order valence-corrected chi connectivity index (χ1v) is 16.6. The van der Waals surface area contributed by atoms with Gasteiger partial charge in [-0.1, -0.05) is 101 Å². The number of alkyl halides is 1. The Morgan fingerprint density at radius 2 is 1.86 bits per heavy atom. The number of halogens is 1. The molecule has 3 N–H and O–H groups in total. The minimum atomic E-state index is -0.919. The van der Waals surface area contributed by atoms with Crippen molar-refractivity contribution in [3.05, 3.63) is 101 Å². The number of nitrogens with two attached hydrogens (primary N) is 1. The van der Waals surface area contributed by atoms with Gasteiger partial charge >= 0.3 is 5.97 Å². The molecule has 1 fully saturated rings. The van der Waals surface area contributed by atoms with E-state index in [-0.39, 0.29) is 29.0 Å². The van der Waals surface area contributed by atoms with Gasteiger partial charge in [0, 0.05) is 21.7 Å². The van der Waals surface area contributed by atoms with Crippen molar-refractivity contribution in [2.24, 2.45) is 5.16 Å². The van der Waals surface area contributed by atoms with Crippen LogP contribution < -0.4 is 11.1 Å². The van der Waals surface area contributed by atoms with Crippen molar-refractivity contribution in [2.45, 2.75) is 24.4 Å². The van der Waals surface area contributed by atoms with Crippen LogP contribution in [0.3, 0.4) is 0 Å². The number of esters is 1. The minimum absolute atomic E-state index is 0.00312. The Kier molecular flexibility index (Phi) is 10.1. The molecule has 14 heteroatoms. The number of aromatic nitrogens is 2. The van der Waals surface area contributed by atoms with Crippen LogP contribution in [0.25, 0.3) is 0 Å². The predicted octanol–water partition coefficient (Wildman–Crippen LogP) is 3.84. The molecule has 0 bridgehead atoms. The SMILES string of the molecule is CCO/N=C(\C(=O)NC1C(=O)N2C(C(=O)OC(c3ccccc3)c3ccccc3)=C(C=CCI)CS[C@@H]12)c1nsc(N)n1. The molecule has 2 aliphatic rings. The molecule has 0 aliphatic carbocycles. The Labute approximate surface area is 269 Å². The van der Waals surface area contributed by atoms with Gasteiger partial charge in [-0.15, -0.1) is 11.8 Å². The highest BCUT2D eigenvalue weighted by molar-refractivity contribution is 14.1. The largest absolute Gasteiger partial charge is 0.448 e. The van der Waals surface area contributed by atoms with Gasteiger partial charge in [0.1, 0.15) is 23.7 Å². The highest BCUT2D eigenvalue weighted by Gasteiger charge is 2.54. The summed E-state index contributed by atoms with van der Waals surface area (Å²) in [5.74, 6) is -1.34. The number of amides is 2. The van der Waals surface area contributed by atoms with E-state index in [1.54, 1.807) is 6.92 Å². The second kappa shape index (κ2) is 14.1. The Morgan fingerprint density at radius 3 is 2.44 bits per heavy atom. The Bertz CT molecular complexity index is 1540. The van der Waals surface area contributed by atoms with Gasteiger partial charge in [0.05, 0.1) is 0 Å². The Hall–Kier alpha value is -3.76. The molecule has 222 valence electrons. The zero-order valence-corrected chi connectivity index (χ0v) is 26.7. The fraction of sp³-hybridized carbons (Fsp3) is 0.241. The average molecular weight is 731 g/mol. The minimum Gasteiger partial charge on any atom is -0.448 e. The molecule has 5 rings (SSSR count). The number of oxime groups is 1. The highest BCUT2D eigenvalue weighted by Crippen LogP contribution is 2.42. The normalized spacial score (nSPS) is 18.4. The zero-order chi connectivity index (χ0) is 30.3. The number of hydrogen-bond acceptors (Lipinski definition) is 11. The van der Waals surface area contributed by atoms with E-state index in [2.05, 4.69) is 42.4 Å². The summed E-state index contributed by atoms with van der Waals surface area (Å²) in [6.45, 7) is 1.92. The summed E-state index contributed by atoms with van der Waals surface area (Å²) in [7, 11) is 0. The third kappa shape index (κ3) is 6.75. The van der Waals surface area contributed by atoms with Gasteiger partial charge in [0.15, 0.2) is 11.2 Å². The van der Waals surface area contributed by atoms with Gasteiger partial charge in [-0.05, 0) is 23.6 Å². The number of allylic oxidation sites excluding steroid dienone is 2. The first kappa shape index (κ1) is 30.7. The second-order valence-electron chi connectivity index (χ2n) is 9.21. The molecule has 1 unspecified atom stereocenters. The van der Waals surface area contributed by atoms with Crippen molar-refractivity contribution in [3.8, 4) is 0 Å². The van der Waals surface area contributed by atoms with E-state index in [0.717, 1.165) is 27.1 Å². The van der Waals surface area contributed by atoms with Crippen LogP contribution in [0.1, 0.15) is 30.0 Å². The molecular weight excluding hydrogens is 703 g/mol. The number of carbonyl (C=O) groups is 3. The molecule has 1 aromatic heterocycles. The lowest BCUT2D eigenvalue weighted by Gasteiger charge is -2.49. The van der Waals surface area contributed by atoms with Crippen LogP contribution in [0.15, 0.2) is 89.2 Å². The second-order valence-corrected chi connectivity index (χ2v) is 12.0. The standard InChI is InChI=1S/C29H27IN6O5S2/c1-2-40-34-20(24-33-29(31)43-35-24)25(37)32-21-26(38)36-22(19(14-9-15-30)16-42-27(21)36)28(39)41-23(17-10-5-3-6-11-17)18-12-7-4-8-13-18/h3-14,21,23,27H,2,15-16H2,1H3,(H,32,37)(H2,31,33,35)/b14-9?,34-20-/t21?,27-/m0/s1. The lowest BCUT2D eigenvalue weighted by molar-refractivity contribution is -0.154. The molecule has 11 nitrogen and oxygen atoms in total. The number of β-lactam (4-membered cyclic amide) rings is 1. The first-order chi connectivity index (χ1) is 20.9. The number of carbonyl (C=O) groups excluding carboxylic acids is 3. The van der Waals surface area contributed by atoms with Gasteiger partial charge in [0.2, 0.25) is 11.5 Å². The molecule has 2 aromatic carbocycles. The summed E-state index contributed by atoms with van der Waals surface area (Å²) >= 11 is 4.56. The van der Waals surface area contributed by atoms with Crippen LogP contribution in [0.4, 0.5) is 5.13 Å². The molecule has 2 atom stereocenters. The van der Waals surface area contributed by atoms with Crippen molar-refractivity contribution in [3.63, 3.8) is 0 Å². The lowest BCUT2D eigenvalue weighted by Crippen LogP contribution is -2.71. The van der Waals surface area contributed by atoms with E-state index >= 15 is 0 Å². The summed E-state index contributed by atoms with van der Waals surface area (Å²) in [4.78, 5) is 51.3. The molecule has 0 radical (unpaired) electrons. The summed E-state index contributed by atoms with van der Waals surface area (Å²) < 4.78 is 10.9. The number of hydrogen-bond donors (Lipinski definition) is 2. The maximum absolute atomic E-state index is 13.9. The van der Waals surface area contributed by atoms with Crippen molar-refractivity contribution in [2.75, 3.05) is 22.5 Å². The zero-order valence-electron chi connectivity index (χ0n) is 22.9. The van der Waals surface area contributed by atoms with E-state index in [0.29, 0.717) is 11.3 Å². The fourth-order valence-electron chi connectivity index (χ4n) is 4.55. The number of fused-ring (bicyclic) bond motifs is 1. The van der Waals surface area contributed by atoms with E-state index < -0.39 is 35.3 Å². The number of thioether (sulfide) groups is 1. The number of nitrogens with zero attached hydrogens (tertiary/aromatic N) is 4. The maximum atomic E-state index is 13.9.